The number of rotatable bonds is 6. The van der Waals surface area contributed by atoms with Gasteiger partial charge in [-0.1, -0.05) is 49.4 Å². The highest BCUT2D eigenvalue weighted by atomic mass is 16.5. The van der Waals surface area contributed by atoms with E-state index in [1.807, 2.05) is 36.4 Å². The molecule has 0 aromatic heterocycles. The summed E-state index contributed by atoms with van der Waals surface area (Å²) in [5.74, 6) is 0.325. The smallest absolute Gasteiger partial charge is 0.308 e. The number of benzene rings is 2. The van der Waals surface area contributed by atoms with E-state index in [9.17, 15) is 9.59 Å². The van der Waals surface area contributed by atoms with Gasteiger partial charge in [-0.25, -0.2) is 0 Å². The lowest BCUT2D eigenvalue weighted by Gasteiger charge is -2.10. The summed E-state index contributed by atoms with van der Waals surface area (Å²) in [5, 5.41) is 0. The largest absolute Gasteiger partial charge is 0.427 e. The van der Waals surface area contributed by atoms with Crippen molar-refractivity contribution in [1.82, 2.24) is 0 Å². The minimum Gasteiger partial charge on any atom is -0.427 e. The average molecular weight is 350 g/mol. The quantitative estimate of drug-likeness (QED) is 0.421. The maximum Gasteiger partial charge on any atom is 0.308 e. The van der Waals surface area contributed by atoms with Gasteiger partial charge in [0.05, 0.1) is 0 Å². The van der Waals surface area contributed by atoms with Crippen LogP contribution in [-0.2, 0) is 9.59 Å². The molecule has 26 heavy (non-hydrogen) atoms. The van der Waals surface area contributed by atoms with Gasteiger partial charge in [-0.3, -0.25) is 9.59 Å². The summed E-state index contributed by atoms with van der Waals surface area (Å²) in [4.78, 5) is 22.1. The van der Waals surface area contributed by atoms with E-state index in [1.54, 1.807) is 24.3 Å². The molecule has 134 valence electrons. The Morgan fingerprint density at radius 1 is 0.808 bits per heavy atom. The Bertz CT molecular complexity index is 751. The van der Waals surface area contributed by atoms with Gasteiger partial charge in [0.15, 0.2) is 0 Å². The third-order valence-corrected chi connectivity index (χ3v) is 3.49. The molecule has 0 unspecified atom stereocenters. The van der Waals surface area contributed by atoms with Crippen LogP contribution in [0.3, 0.4) is 0 Å². The lowest BCUT2D eigenvalue weighted by Crippen LogP contribution is -2.01. The van der Waals surface area contributed by atoms with Crippen LogP contribution >= 0.6 is 0 Å². The molecule has 0 fully saturated rings. The topological polar surface area (TPSA) is 52.6 Å². The summed E-state index contributed by atoms with van der Waals surface area (Å²) in [7, 11) is 0. The van der Waals surface area contributed by atoms with Gasteiger partial charge >= 0.3 is 11.9 Å². The summed E-state index contributed by atoms with van der Waals surface area (Å²) < 4.78 is 10.2. The fraction of sp³-hybridized carbons (Fsp3) is 0.182. The molecule has 0 aliphatic heterocycles. The van der Waals surface area contributed by atoms with Crippen LogP contribution in [0, 0.1) is 0 Å². The first-order valence-corrected chi connectivity index (χ1v) is 8.44. The van der Waals surface area contributed by atoms with Crippen molar-refractivity contribution < 1.29 is 19.1 Å². The van der Waals surface area contributed by atoms with E-state index in [2.05, 4.69) is 13.0 Å². The van der Waals surface area contributed by atoms with E-state index in [4.69, 9.17) is 9.47 Å². The molecule has 0 amide bonds. The number of carbonyl (C=O) groups excluding carboxylic acids is 2. The molecule has 2 aromatic carbocycles. The van der Waals surface area contributed by atoms with Gasteiger partial charge in [0.1, 0.15) is 11.5 Å². The van der Waals surface area contributed by atoms with Crippen LogP contribution in [0.2, 0.25) is 0 Å². The molecule has 0 saturated heterocycles. The number of allylic oxidation sites excluding steroid dienone is 3. The normalized spacial score (nSPS) is 10.4. The average Bonchev–Trinajstić information content (AvgIpc) is 2.60. The van der Waals surface area contributed by atoms with Crippen LogP contribution in [0.5, 0.6) is 11.5 Å². The van der Waals surface area contributed by atoms with Gasteiger partial charge in [0, 0.05) is 13.8 Å². The van der Waals surface area contributed by atoms with Crippen molar-refractivity contribution in [3.8, 4) is 11.5 Å². The number of esters is 2. The standard InChI is InChI=1S/C22H22O4/c1-4-5-6-7-22(18-8-12-20(13-9-18)25-16(2)23)19-10-14-21(15-11-19)26-17(3)24/h5-15H,4H2,1-3H3. The maximum absolute atomic E-state index is 11.1. The van der Waals surface area contributed by atoms with Gasteiger partial charge in [-0.2, -0.15) is 0 Å². The molecule has 0 radical (unpaired) electrons. The van der Waals surface area contributed by atoms with Gasteiger partial charge in [0.25, 0.3) is 0 Å². The minimum atomic E-state index is -0.347. The van der Waals surface area contributed by atoms with E-state index in [0.29, 0.717) is 11.5 Å². The lowest BCUT2D eigenvalue weighted by atomic mass is 9.97. The van der Waals surface area contributed by atoms with Crippen LogP contribution in [-0.4, -0.2) is 11.9 Å². The van der Waals surface area contributed by atoms with E-state index < -0.39 is 0 Å². The molecule has 0 bridgehead atoms. The Labute approximate surface area is 153 Å². The second-order valence-electron chi connectivity index (χ2n) is 5.65. The van der Waals surface area contributed by atoms with Crippen LogP contribution < -0.4 is 9.47 Å². The maximum atomic E-state index is 11.1. The highest BCUT2D eigenvalue weighted by Gasteiger charge is 2.07. The lowest BCUT2D eigenvalue weighted by molar-refractivity contribution is -0.132. The summed E-state index contributed by atoms with van der Waals surface area (Å²) in [6, 6.07) is 14.7. The Morgan fingerprint density at radius 2 is 1.23 bits per heavy atom. The predicted octanol–water partition coefficient (Wildman–Crippen LogP) is 4.94. The molecule has 0 heterocycles. The molecule has 2 rings (SSSR count). The first-order valence-electron chi connectivity index (χ1n) is 8.44. The monoisotopic (exact) mass is 350 g/mol. The Morgan fingerprint density at radius 3 is 1.58 bits per heavy atom. The zero-order valence-electron chi connectivity index (χ0n) is 15.2. The van der Waals surface area contributed by atoms with Crippen molar-refractivity contribution in [2.75, 3.05) is 0 Å². The summed E-state index contributed by atoms with van der Waals surface area (Å²) in [6.07, 6.45) is 7.06. The number of carbonyl (C=O) groups is 2. The molecule has 0 saturated carbocycles. The predicted molar refractivity (Wildman–Crippen MR) is 102 cm³/mol. The summed E-state index contributed by atoms with van der Waals surface area (Å²) >= 11 is 0. The zero-order valence-corrected chi connectivity index (χ0v) is 15.2. The molecule has 0 atom stereocenters. The summed E-state index contributed by atoms with van der Waals surface area (Å²) in [6.45, 7) is 4.82. The van der Waals surface area contributed by atoms with Gasteiger partial charge in [-0.15, -0.1) is 0 Å². The SMILES string of the molecule is CCC=CC=C(c1ccc(OC(C)=O)cc1)c1ccc(OC(C)=O)cc1. The van der Waals surface area contributed by atoms with Gasteiger partial charge in [0.2, 0.25) is 0 Å². The molecule has 4 heteroatoms. The van der Waals surface area contributed by atoms with E-state index in [0.717, 1.165) is 23.1 Å². The van der Waals surface area contributed by atoms with Gasteiger partial charge in [-0.05, 0) is 47.4 Å². The van der Waals surface area contributed by atoms with Crippen molar-refractivity contribution in [3.63, 3.8) is 0 Å². The number of hydrogen-bond donors (Lipinski definition) is 0. The minimum absolute atomic E-state index is 0.347. The van der Waals surface area contributed by atoms with Crippen LogP contribution in [0.15, 0.2) is 66.8 Å². The highest BCUT2D eigenvalue weighted by Crippen LogP contribution is 2.27. The molecule has 0 N–H and O–H groups in total. The van der Waals surface area contributed by atoms with Crippen molar-refractivity contribution in [2.24, 2.45) is 0 Å². The molecular formula is C22H22O4. The number of ether oxygens (including phenoxy) is 2. The highest BCUT2D eigenvalue weighted by molar-refractivity contribution is 5.81. The van der Waals surface area contributed by atoms with Crippen LogP contribution in [0.4, 0.5) is 0 Å². The van der Waals surface area contributed by atoms with Gasteiger partial charge < -0.3 is 9.47 Å². The number of hydrogen-bond acceptors (Lipinski definition) is 4. The Balaban J connectivity index is 2.34. The van der Waals surface area contributed by atoms with E-state index >= 15 is 0 Å². The molecule has 0 aliphatic carbocycles. The van der Waals surface area contributed by atoms with Crippen molar-refractivity contribution >= 4 is 17.5 Å². The second-order valence-corrected chi connectivity index (χ2v) is 5.65. The first-order chi connectivity index (χ1) is 12.5. The van der Waals surface area contributed by atoms with E-state index in [-0.39, 0.29) is 11.9 Å². The third kappa shape index (κ3) is 5.74. The van der Waals surface area contributed by atoms with E-state index in [1.165, 1.54) is 13.8 Å². The summed E-state index contributed by atoms with van der Waals surface area (Å²) in [5.41, 5.74) is 2.99. The van der Waals surface area contributed by atoms with Crippen molar-refractivity contribution in [2.45, 2.75) is 27.2 Å². The Kier molecular flexibility index (Phi) is 6.92. The molecule has 2 aromatic rings. The molecule has 0 aliphatic rings. The third-order valence-electron chi connectivity index (χ3n) is 3.49. The molecule has 0 spiro atoms. The van der Waals surface area contributed by atoms with Crippen molar-refractivity contribution in [3.05, 3.63) is 77.9 Å². The fourth-order valence-electron chi connectivity index (χ4n) is 2.40. The van der Waals surface area contributed by atoms with Crippen molar-refractivity contribution in [1.29, 1.82) is 0 Å². The van der Waals surface area contributed by atoms with Crippen LogP contribution in [0.25, 0.3) is 5.57 Å². The fourth-order valence-corrected chi connectivity index (χ4v) is 2.40. The second kappa shape index (κ2) is 9.37. The molecular weight excluding hydrogens is 328 g/mol. The van der Waals surface area contributed by atoms with Crippen LogP contribution in [0.1, 0.15) is 38.3 Å². The molecule has 4 nitrogen and oxygen atoms in total. The first kappa shape index (κ1) is 19.2. The zero-order chi connectivity index (χ0) is 18.9. The Hall–Kier alpha value is -3.14.